The molecule has 0 fully saturated rings. The molecule has 1 amide bonds. The van der Waals surface area contributed by atoms with E-state index in [1.54, 1.807) is 12.1 Å². The van der Waals surface area contributed by atoms with Crippen molar-refractivity contribution < 1.29 is 9.18 Å². The van der Waals surface area contributed by atoms with Crippen molar-refractivity contribution in [1.82, 2.24) is 5.32 Å². The Hall–Kier alpha value is -0.420. The number of hydrogen-bond acceptors (Lipinski definition) is 1. The van der Waals surface area contributed by atoms with E-state index < -0.39 is 11.7 Å². The summed E-state index contributed by atoms with van der Waals surface area (Å²) in [6, 6.07) is 4.47. The molecule has 16 heavy (non-hydrogen) atoms. The van der Waals surface area contributed by atoms with E-state index in [1.165, 1.54) is 6.07 Å². The first kappa shape index (κ1) is 13.6. The van der Waals surface area contributed by atoms with Gasteiger partial charge in [-0.05, 0) is 34.5 Å². The van der Waals surface area contributed by atoms with E-state index >= 15 is 0 Å². The van der Waals surface area contributed by atoms with Gasteiger partial charge in [-0.2, -0.15) is 0 Å². The summed E-state index contributed by atoms with van der Waals surface area (Å²) in [6.07, 6.45) is 0.803. The maximum Gasteiger partial charge on any atom is 0.255 e. The predicted molar refractivity (Wildman–Crippen MR) is 69.4 cm³/mol. The van der Waals surface area contributed by atoms with E-state index in [1.807, 2.05) is 6.92 Å². The number of carbonyl (C=O) groups excluding carboxylic acids is 1. The van der Waals surface area contributed by atoms with Crippen LogP contribution in [0.1, 0.15) is 23.7 Å². The number of halogens is 3. The highest BCUT2D eigenvalue weighted by atomic mass is 79.9. The van der Waals surface area contributed by atoms with E-state index in [-0.39, 0.29) is 5.56 Å². The van der Waals surface area contributed by atoms with E-state index in [4.69, 9.17) is 0 Å². The highest BCUT2D eigenvalue weighted by Crippen LogP contribution is 2.19. The van der Waals surface area contributed by atoms with Crippen molar-refractivity contribution in [2.24, 2.45) is 0 Å². The molecule has 1 unspecified atom stereocenters. The van der Waals surface area contributed by atoms with Crippen LogP contribution in [-0.4, -0.2) is 17.3 Å². The Morgan fingerprint density at radius 1 is 1.56 bits per heavy atom. The van der Waals surface area contributed by atoms with Gasteiger partial charge in [0.2, 0.25) is 0 Å². The first-order valence-electron chi connectivity index (χ1n) is 4.88. The highest BCUT2D eigenvalue weighted by Gasteiger charge is 2.14. The quantitative estimate of drug-likeness (QED) is 0.825. The van der Waals surface area contributed by atoms with E-state index in [2.05, 4.69) is 37.2 Å². The summed E-state index contributed by atoms with van der Waals surface area (Å²) in [6.45, 7) is 2.51. The van der Waals surface area contributed by atoms with Gasteiger partial charge >= 0.3 is 0 Å². The van der Waals surface area contributed by atoms with Gasteiger partial charge < -0.3 is 5.32 Å². The average molecular weight is 353 g/mol. The fourth-order valence-electron chi connectivity index (χ4n) is 1.19. The fourth-order valence-corrected chi connectivity index (χ4v) is 1.94. The van der Waals surface area contributed by atoms with Gasteiger partial charge in [-0.1, -0.05) is 28.9 Å². The number of rotatable bonds is 4. The monoisotopic (exact) mass is 351 g/mol. The average Bonchev–Trinajstić information content (AvgIpc) is 2.16. The van der Waals surface area contributed by atoms with E-state index in [9.17, 15) is 9.18 Å². The van der Waals surface area contributed by atoms with Crippen LogP contribution >= 0.6 is 31.9 Å². The number of hydrogen-bond donors (Lipinski definition) is 1. The van der Waals surface area contributed by atoms with Crippen LogP contribution in [0.25, 0.3) is 0 Å². The summed E-state index contributed by atoms with van der Waals surface area (Å²) in [7, 11) is 0. The lowest BCUT2D eigenvalue weighted by Gasteiger charge is -2.08. The topological polar surface area (TPSA) is 29.1 Å². The number of nitrogens with one attached hydrogen (secondary N) is 1. The lowest BCUT2D eigenvalue weighted by atomic mass is 10.2. The Morgan fingerprint density at radius 3 is 2.81 bits per heavy atom. The summed E-state index contributed by atoms with van der Waals surface area (Å²) in [5, 5.41) is 2.67. The van der Waals surface area contributed by atoms with Gasteiger partial charge in [-0.25, -0.2) is 4.39 Å². The molecule has 0 heterocycles. The van der Waals surface area contributed by atoms with Crippen molar-refractivity contribution in [2.45, 2.75) is 18.2 Å². The van der Waals surface area contributed by atoms with Gasteiger partial charge in [0.1, 0.15) is 5.82 Å². The zero-order valence-electron chi connectivity index (χ0n) is 8.77. The largest absolute Gasteiger partial charge is 0.352 e. The molecule has 0 aliphatic carbocycles. The Kier molecular flexibility index (Phi) is 5.41. The molecule has 0 radical (unpaired) electrons. The van der Waals surface area contributed by atoms with Crippen LogP contribution in [0.3, 0.4) is 0 Å². The van der Waals surface area contributed by atoms with Crippen LogP contribution in [0.5, 0.6) is 0 Å². The van der Waals surface area contributed by atoms with Gasteiger partial charge in [-0.3, -0.25) is 4.79 Å². The molecule has 1 aromatic carbocycles. The number of alkyl halides is 1. The van der Waals surface area contributed by atoms with Gasteiger partial charge in [0.05, 0.1) is 5.56 Å². The van der Waals surface area contributed by atoms with Crippen molar-refractivity contribution in [1.29, 1.82) is 0 Å². The van der Waals surface area contributed by atoms with E-state index in [0.717, 1.165) is 6.42 Å². The number of carbonyl (C=O) groups is 1. The summed E-state index contributed by atoms with van der Waals surface area (Å²) >= 11 is 6.53. The Labute approximate surface area is 111 Å². The van der Waals surface area contributed by atoms with Crippen molar-refractivity contribution in [3.63, 3.8) is 0 Å². The molecule has 88 valence electrons. The molecule has 1 aromatic rings. The van der Waals surface area contributed by atoms with Crippen molar-refractivity contribution >= 4 is 37.8 Å². The van der Waals surface area contributed by atoms with Crippen molar-refractivity contribution in [3.05, 3.63) is 34.1 Å². The van der Waals surface area contributed by atoms with Crippen LogP contribution in [-0.2, 0) is 0 Å². The standard InChI is InChI=1S/C11H12Br2FNO/c1-7(12)5-6-15-11(16)10-8(13)3-2-4-9(10)14/h2-4,7H,5-6H2,1H3,(H,15,16). The lowest BCUT2D eigenvalue weighted by Crippen LogP contribution is -2.26. The second-order valence-electron chi connectivity index (χ2n) is 3.42. The number of amides is 1. The minimum absolute atomic E-state index is 0.0599. The van der Waals surface area contributed by atoms with Gasteiger partial charge in [0.15, 0.2) is 0 Å². The smallest absolute Gasteiger partial charge is 0.255 e. The normalized spacial score (nSPS) is 12.2. The minimum atomic E-state index is -0.515. The van der Waals surface area contributed by atoms with Crippen molar-refractivity contribution in [3.8, 4) is 0 Å². The second kappa shape index (κ2) is 6.35. The van der Waals surface area contributed by atoms with Crippen LogP contribution in [0.15, 0.2) is 22.7 Å². The third-order valence-corrected chi connectivity index (χ3v) is 3.14. The molecule has 5 heteroatoms. The van der Waals surface area contributed by atoms with Crippen LogP contribution < -0.4 is 5.32 Å². The van der Waals surface area contributed by atoms with Crippen LogP contribution in [0, 0.1) is 5.82 Å². The third kappa shape index (κ3) is 3.87. The molecule has 0 saturated heterocycles. The van der Waals surface area contributed by atoms with Gasteiger partial charge in [-0.15, -0.1) is 0 Å². The molecule has 1 rings (SSSR count). The minimum Gasteiger partial charge on any atom is -0.352 e. The first-order valence-corrected chi connectivity index (χ1v) is 6.59. The zero-order chi connectivity index (χ0) is 12.1. The SMILES string of the molecule is CC(Br)CCNC(=O)c1c(F)cccc1Br. The molecule has 0 aromatic heterocycles. The Bertz CT molecular complexity index is 362. The maximum absolute atomic E-state index is 13.4. The Morgan fingerprint density at radius 2 is 2.25 bits per heavy atom. The second-order valence-corrected chi connectivity index (χ2v) is 5.84. The molecule has 0 saturated carbocycles. The molecule has 0 aliphatic heterocycles. The molecule has 1 atom stereocenters. The molecule has 0 bridgehead atoms. The lowest BCUT2D eigenvalue weighted by molar-refractivity contribution is 0.0948. The summed E-state index contributed by atoms with van der Waals surface area (Å²) in [4.78, 5) is 12.0. The van der Waals surface area contributed by atoms with Crippen molar-refractivity contribution in [2.75, 3.05) is 6.54 Å². The van der Waals surface area contributed by atoms with Crippen LogP contribution in [0.2, 0.25) is 0 Å². The molecular weight excluding hydrogens is 341 g/mol. The van der Waals surface area contributed by atoms with Gasteiger partial charge in [0.25, 0.3) is 5.91 Å². The Balaban J connectivity index is 2.66. The molecule has 0 spiro atoms. The molecule has 0 aliphatic rings. The zero-order valence-corrected chi connectivity index (χ0v) is 11.9. The fraction of sp³-hybridized carbons (Fsp3) is 0.364. The maximum atomic E-state index is 13.4. The highest BCUT2D eigenvalue weighted by molar-refractivity contribution is 9.10. The molecule has 2 nitrogen and oxygen atoms in total. The summed E-state index contributed by atoms with van der Waals surface area (Å²) in [5.41, 5.74) is 0.0599. The molecular formula is C11H12Br2FNO. The van der Waals surface area contributed by atoms with E-state index in [0.29, 0.717) is 15.8 Å². The predicted octanol–water partition coefficient (Wildman–Crippen LogP) is 3.49. The third-order valence-electron chi connectivity index (χ3n) is 2.02. The van der Waals surface area contributed by atoms with Crippen LogP contribution in [0.4, 0.5) is 4.39 Å². The first-order chi connectivity index (χ1) is 7.52. The molecule has 1 N–H and O–H groups in total. The summed E-state index contributed by atoms with van der Waals surface area (Å²) in [5.74, 6) is -0.906. The summed E-state index contributed by atoms with van der Waals surface area (Å²) < 4.78 is 13.9. The van der Waals surface area contributed by atoms with Gasteiger partial charge in [0, 0.05) is 15.8 Å². The number of benzene rings is 1.